The number of ether oxygens (including phenoxy) is 2. The number of carbonyl (C=O) groups excluding carboxylic acids is 3. The number of carbonyl (C=O) groups is 3. The molecular weight excluding hydrogens is 382 g/mol. The molecular formula is C19H31N3O5S. The monoisotopic (exact) mass is 413 g/mol. The summed E-state index contributed by atoms with van der Waals surface area (Å²) in [6.07, 6.45) is -0.122. The van der Waals surface area contributed by atoms with Crippen LogP contribution in [0.4, 0.5) is 9.93 Å². The molecule has 0 spiro atoms. The average molecular weight is 414 g/mol. The van der Waals surface area contributed by atoms with E-state index in [-0.39, 0.29) is 24.2 Å². The van der Waals surface area contributed by atoms with Crippen molar-refractivity contribution >= 4 is 34.4 Å². The molecule has 0 fully saturated rings. The number of nitrogens with one attached hydrogen (secondary N) is 1. The number of amides is 2. The number of anilines is 1. The van der Waals surface area contributed by atoms with Gasteiger partial charge in [-0.1, -0.05) is 13.8 Å². The van der Waals surface area contributed by atoms with Gasteiger partial charge in [0.05, 0.1) is 18.7 Å². The van der Waals surface area contributed by atoms with E-state index in [0.717, 1.165) is 0 Å². The number of rotatable bonds is 8. The molecule has 0 aliphatic carbocycles. The highest BCUT2D eigenvalue weighted by Crippen LogP contribution is 2.22. The van der Waals surface area contributed by atoms with E-state index < -0.39 is 17.7 Å². The third kappa shape index (κ3) is 8.24. The smallest absolute Gasteiger partial charge is 0.408 e. The largest absolute Gasteiger partial charge is 0.466 e. The number of nitrogens with zero attached hydrogens (tertiary/aromatic N) is 2. The zero-order valence-electron chi connectivity index (χ0n) is 17.7. The first-order valence-electron chi connectivity index (χ1n) is 9.30. The van der Waals surface area contributed by atoms with Gasteiger partial charge in [-0.15, -0.1) is 11.3 Å². The number of alkyl carbamates (subject to hydrolysis) is 1. The summed E-state index contributed by atoms with van der Waals surface area (Å²) in [6.45, 7) is 11.3. The second-order valence-electron chi connectivity index (χ2n) is 7.83. The van der Waals surface area contributed by atoms with Crippen molar-refractivity contribution in [2.24, 2.45) is 5.92 Å². The lowest BCUT2D eigenvalue weighted by Crippen LogP contribution is -2.49. The van der Waals surface area contributed by atoms with Gasteiger partial charge in [-0.25, -0.2) is 9.78 Å². The molecule has 9 heteroatoms. The fourth-order valence-electron chi connectivity index (χ4n) is 2.36. The Balaban J connectivity index is 2.85. The molecule has 28 heavy (non-hydrogen) atoms. The summed E-state index contributed by atoms with van der Waals surface area (Å²) in [7, 11) is 1.60. The molecule has 1 aromatic rings. The Bertz CT molecular complexity index is 681. The molecule has 2 amide bonds. The van der Waals surface area contributed by atoms with Gasteiger partial charge in [0.15, 0.2) is 5.13 Å². The highest BCUT2D eigenvalue weighted by molar-refractivity contribution is 7.14. The van der Waals surface area contributed by atoms with Crippen molar-refractivity contribution in [3.8, 4) is 0 Å². The maximum absolute atomic E-state index is 12.9. The molecule has 0 aromatic carbocycles. The molecule has 0 aliphatic heterocycles. The lowest BCUT2D eigenvalue weighted by Gasteiger charge is -2.26. The molecule has 8 nitrogen and oxygen atoms in total. The van der Waals surface area contributed by atoms with Gasteiger partial charge in [0.1, 0.15) is 11.6 Å². The first-order valence-corrected chi connectivity index (χ1v) is 10.2. The minimum absolute atomic E-state index is 0.0535. The van der Waals surface area contributed by atoms with Gasteiger partial charge in [-0.2, -0.15) is 0 Å². The van der Waals surface area contributed by atoms with Crippen LogP contribution in [0, 0.1) is 5.92 Å². The van der Waals surface area contributed by atoms with E-state index in [2.05, 4.69) is 10.3 Å². The van der Waals surface area contributed by atoms with Crippen molar-refractivity contribution in [3.63, 3.8) is 0 Å². The third-order valence-corrected chi connectivity index (χ3v) is 4.45. The zero-order chi connectivity index (χ0) is 21.5. The summed E-state index contributed by atoms with van der Waals surface area (Å²) in [6, 6.07) is -0.739. The number of hydrogen-bond acceptors (Lipinski definition) is 7. The number of likely N-dealkylation sites (N-methyl/N-ethyl adjacent to an activating group) is 1. The minimum Gasteiger partial charge on any atom is -0.466 e. The normalized spacial score (nSPS) is 12.4. The van der Waals surface area contributed by atoms with Crippen molar-refractivity contribution in [2.45, 2.75) is 66.0 Å². The fraction of sp³-hybridized carbons (Fsp3) is 0.684. The maximum Gasteiger partial charge on any atom is 0.408 e. The summed E-state index contributed by atoms with van der Waals surface area (Å²) in [5.74, 6) is -0.470. The zero-order valence-corrected chi connectivity index (χ0v) is 18.5. The van der Waals surface area contributed by atoms with E-state index in [4.69, 9.17) is 9.47 Å². The molecule has 0 unspecified atom stereocenters. The second-order valence-corrected chi connectivity index (χ2v) is 8.67. The molecule has 1 rings (SSSR count). The topological polar surface area (TPSA) is 97.8 Å². The molecule has 158 valence electrons. The minimum atomic E-state index is -0.739. The van der Waals surface area contributed by atoms with E-state index in [1.54, 1.807) is 40.1 Å². The average Bonchev–Trinajstić information content (AvgIpc) is 2.99. The summed E-state index contributed by atoms with van der Waals surface area (Å²) in [5.41, 5.74) is -0.114. The molecule has 0 saturated heterocycles. The Morgan fingerprint density at radius 3 is 2.46 bits per heavy atom. The van der Waals surface area contributed by atoms with E-state index in [0.29, 0.717) is 23.9 Å². The number of esters is 1. The van der Waals surface area contributed by atoms with E-state index >= 15 is 0 Å². The number of hydrogen-bond donors (Lipinski definition) is 1. The quantitative estimate of drug-likeness (QED) is 0.658. The van der Waals surface area contributed by atoms with Crippen molar-refractivity contribution in [1.82, 2.24) is 10.3 Å². The standard InChI is InChI=1S/C19H31N3O5S/c1-8-26-15(23)10-13-11-28-17(20-13)22(7)16(24)14(9-12(2)3)21-18(25)27-19(4,5)6/h11-12,14H,8-10H2,1-7H3,(H,21,25)/t14-/m0/s1. The first kappa shape index (κ1) is 23.9. The van der Waals surface area contributed by atoms with Crippen LogP contribution in [-0.2, 0) is 25.5 Å². The predicted octanol–water partition coefficient (Wildman–Crippen LogP) is 3.15. The fourth-order valence-corrected chi connectivity index (χ4v) is 3.16. The van der Waals surface area contributed by atoms with Gasteiger partial charge in [0.2, 0.25) is 0 Å². The van der Waals surface area contributed by atoms with E-state index in [9.17, 15) is 14.4 Å². The Hall–Kier alpha value is -2.16. The summed E-state index contributed by atoms with van der Waals surface area (Å²) >= 11 is 1.25. The number of thiazole rings is 1. The summed E-state index contributed by atoms with van der Waals surface area (Å²) in [4.78, 5) is 42.4. The van der Waals surface area contributed by atoms with Gasteiger partial charge >= 0.3 is 12.1 Å². The van der Waals surface area contributed by atoms with Crippen molar-refractivity contribution < 1.29 is 23.9 Å². The molecule has 0 radical (unpaired) electrons. The van der Waals surface area contributed by atoms with E-state index in [1.165, 1.54) is 16.2 Å². The van der Waals surface area contributed by atoms with Crippen LogP contribution in [0.5, 0.6) is 0 Å². The highest BCUT2D eigenvalue weighted by atomic mass is 32.1. The molecule has 1 heterocycles. The summed E-state index contributed by atoms with van der Waals surface area (Å²) in [5, 5.41) is 4.83. The molecule has 1 atom stereocenters. The van der Waals surface area contributed by atoms with Gasteiger partial charge in [0, 0.05) is 12.4 Å². The van der Waals surface area contributed by atoms with Crippen LogP contribution in [0.2, 0.25) is 0 Å². The van der Waals surface area contributed by atoms with Crippen LogP contribution >= 0.6 is 11.3 Å². The van der Waals surface area contributed by atoms with Crippen LogP contribution in [-0.4, -0.2) is 48.3 Å². The molecule has 0 aliphatic rings. The molecule has 1 N–H and O–H groups in total. The lowest BCUT2D eigenvalue weighted by atomic mass is 10.0. The van der Waals surface area contributed by atoms with Gasteiger partial charge in [-0.3, -0.25) is 14.5 Å². The Morgan fingerprint density at radius 2 is 1.93 bits per heavy atom. The third-order valence-electron chi connectivity index (χ3n) is 3.48. The van der Waals surface area contributed by atoms with Crippen LogP contribution < -0.4 is 10.2 Å². The Labute approximate surface area is 170 Å². The maximum atomic E-state index is 12.9. The summed E-state index contributed by atoms with van der Waals surface area (Å²) < 4.78 is 10.2. The lowest BCUT2D eigenvalue weighted by molar-refractivity contribution is -0.142. The van der Waals surface area contributed by atoms with Crippen LogP contribution in [0.3, 0.4) is 0 Å². The van der Waals surface area contributed by atoms with Gasteiger partial charge in [0.25, 0.3) is 5.91 Å². The van der Waals surface area contributed by atoms with Gasteiger partial charge in [-0.05, 0) is 40.0 Å². The SMILES string of the molecule is CCOC(=O)Cc1csc(N(C)C(=O)[C@H](CC(C)C)NC(=O)OC(C)(C)C)n1. The van der Waals surface area contributed by atoms with Gasteiger partial charge < -0.3 is 14.8 Å². The Morgan fingerprint density at radius 1 is 1.29 bits per heavy atom. The first-order chi connectivity index (χ1) is 12.9. The van der Waals surface area contributed by atoms with E-state index in [1.807, 2.05) is 13.8 Å². The molecule has 1 aromatic heterocycles. The molecule has 0 saturated carbocycles. The van der Waals surface area contributed by atoms with Crippen molar-refractivity contribution in [1.29, 1.82) is 0 Å². The molecule has 0 bridgehead atoms. The van der Waals surface area contributed by atoms with Crippen LogP contribution in [0.25, 0.3) is 0 Å². The predicted molar refractivity (Wildman–Crippen MR) is 108 cm³/mol. The van der Waals surface area contributed by atoms with Crippen LogP contribution in [0.15, 0.2) is 5.38 Å². The van der Waals surface area contributed by atoms with Crippen molar-refractivity contribution in [3.05, 3.63) is 11.1 Å². The number of aromatic nitrogens is 1. The Kier molecular flexibility index (Phi) is 8.87. The highest BCUT2D eigenvalue weighted by Gasteiger charge is 2.29. The van der Waals surface area contributed by atoms with Crippen LogP contribution in [0.1, 0.15) is 53.7 Å². The van der Waals surface area contributed by atoms with Crippen molar-refractivity contribution in [2.75, 3.05) is 18.6 Å². The second kappa shape index (κ2) is 10.4.